The predicted octanol–water partition coefficient (Wildman–Crippen LogP) is 2.46. The number of nitrogens with zero attached hydrogens (tertiary/aromatic N) is 1. The molecule has 0 bridgehead atoms. The van der Waals surface area contributed by atoms with Crippen molar-refractivity contribution in [1.29, 1.82) is 0 Å². The Labute approximate surface area is 132 Å². The number of hydrogen-bond acceptors (Lipinski definition) is 3. The monoisotopic (exact) mass is 355 g/mol. The van der Waals surface area contributed by atoms with Crippen molar-refractivity contribution in [2.75, 3.05) is 19.7 Å². The lowest BCUT2D eigenvalue weighted by atomic mass is 10.1. The number of aliphatic carboxylic acids is 1. The van der Waals surface area contributed by atoms with Crippen LogP contribution in [0.15, 0.2) is 22.7 Å². The molecule has 1 aliphatic rings. The van der Waals surface area contributed by atoms with E-state index in [9.17, 15) is 9.59 Å². The van der Waals surface area contributed by atoms with Crippen molar-refractivity contribution in [2.45, 2.75) is 25.9 Å². The Kier molecular flexibility index (Phi) is 5.36. The van der Waals surface area contributed by atoms with Gasteiger partial charge in [0.2, 0.25) is 0 Å². The Bertz CT molecular complexity index is 538. The van der Waals surface area contributed by atoms with Crippen LogP contribution in [-0.4, -0.2) is 47.7 Å². The molecular weight excluding hydrogens is 338 g/mol. The van der Waals surface area contributed by atoms with E-state index in [0.717, 1.165) is 10.0 Å². The van der Waals surface area contributed by atoms with Gasteiger partial charge in [-0.25, -0.2) is 4.79 Å². The van der Waals surface area contributed by atoms with Gasteiger partial charge in [0.15, 0.2) is 0 Å². The number of rotatable bonds is 4. The maximum atomic E-state index is 12.4. The highest BCUT2D eigenvalue weighted by Crippen LogP contribution is 2.20. The summed E-state index contributed by atoms with van der Waals surface area (Å²) in [6.45, 7) is 2.87. The first-order valence-electron chi connectivity index (χ1n) is 6.86. The van der Waals surface area contributed by atoms with Gasteiger partial charge in [0, 0.05) is 23.1 Å². The zero-order valence-corrected chi connectivity index (χ0v) is 13.4. The molecule has 1 aromatic carbocycles. The number of hydrogen-bond donors (Lipinski definition) is 1. The number of piperidine rings is 1. The smallest absolute Gasteiger partial charge is 0.329 e. The number of likely N-dealkylation sites (tertiary alicyclic amines) is 1. The van der Waals surface area contributed by atoms with E-state index in [2.05, 4.69) is 15.9 Å². The molecule has 1 fully saturated rings. The minimum Gasteiger partial charge on any atom is -0.480 e. The number of halogens is 1. The molecule has 0 spiro atoms. The van der Waals surface area contributed by atoms with Gasteiger partial charge in [-0.2, -0.15) is 0 Å². The summed E-state index contributed by atoms with van der Waals surface area (Å²) in [6.07, 6.45) is 1.28. The van der Waals surface area contributed by atoms with Crippen LogP contribution in [0, 0.1) is 6.92 Å². The van der Waals surface area contributed by atoms with Crippen molar-refractivity contribution in [2.24, 2.45) is 0 Å². The van der Waals surface area contributed by atoms with Gasteiger partial charge in [0.1, 0.15) is 6.61 Å². The van der Waals surface area contributed by atoms with E-state index in [4.69, 9.17) is 9.84 Å². The van der Waals surface area contributed by atoms with E-state index >= 15 is 0 Å². The van der Waals surface area contributed by atoms with E-state index in [1.165, 1.54) is 0 Å². The second-order valence-electron chi connectivity index (χ2n) is 5.16. The molecule has 5 nitrogen and oxygen atoms in total. The molecule has 1 saturated heterocycles. The zero-order valence-electron chi connectivity index (χ0n) is 11.8. The summed E-state index contributed by atoms with van der Waals surface area (Å²) in [6, 6.07) is 5.57. The van der Waals surface area contributed by atoms with Crippen LogP contribution in [0.2, 0.25) is 0 Å². The quantitative estimate of drug-likeness (QED) is 0.900. The zero-order chi connectivity index (χ0) is 15.4. The topological polar surface area (TPSA) is 66.8 Å². The van der Waals surface area contributed by atoms with Gasteiger partial charge < -0.3 is 14.7 Å². The Morgan fingerprint density at radius 1 is 1.38 bits per heavy atom. The number of carbonyl (C=O) groups is 2. The summed E-state index contributed by atoms with van der Waals surface area (Å²) in [5, 5.41) is 8.59. The Hall–Kier alpha value is -1.40. The fourth-order valence-electron chi connectivity index (χ4n) is 2.37. The van der Waals surface area contributed by atoms with Gasteiger partial charge in [0.05, 0.1) is 6.10 Å². The SMILES string of the molecule is Cc1cc(C(=O)N2CCC(OCC(=O)O)CC2)ccc1Br. The highest BCUT2D eigenvalue weighted by Gasteiger charge is 2.24. The second-order valence-corrected chi connectivity index (χ2v) is 6.01. The first-order chi connectivity index (χ1) is 9.97. The van der Waals surface area contributed by atoms with E-state index in [1.54, 1.807) is 4.90 Å². The summed E-state index contributed by atoms with van der Waals surface area (Å²) >= 11 is 3.42. The molecule has 0 unspecified atom stereocenters. The van der Waals surface area contributed by atoms with Gasteiger partial charge in [0.25, 0.3) is 5.91 Å². The third-order valence-corrected chi connectivity index (χ3v) is 4.47. The normalized spacial score (nSPS) is 16.0. The van der Waals surface area contributed by atoms with Crippen LogP contribution in [0.3, 0.4) is 0 Å². The first kappa shape index (κ1) is 16.0. The van der Waals surface area contributed by atoms with Crippen molar-refractivity contribution in [1.82, 2.24) is 4.90 Å². The van der Waals surface area contributed by atoms with Crippen LogP contribution >= 0.6 is 15.9 Å². The van der Waals surface area contributed by atoms with Crippen molar-refractivity contribution in [3.63, 3.8) is 0 Å². The van der Waals surface area contributed by atoms with Crippen molar-refractivity contribution < 1.29 is 19.4 Å². The lowest BCUT2D eigenvalue weighted by molar-refractivity contribution is -0.145. The average Bonchev–Trinajstić information content (AvgIpc) is 2.48. The summed E-state index contributed by atoms with van der Waals surface area (Å²) < 4.78 is 6.26. The molecule has 1 N–H and O–H groups in total. The van der Waals surface area contributed by atoms with E-state index in [1.807, 2.05) is 25.1 Å². The number of carbonyl (C=O) groups excluding carboxylic acids is 1. The van der Waals surface area contributed by atoms with Crippen molar-refractivity contribution in [3.8, 4) is 0 Å². The average molecular weight is 356 g/mol. The summed E-state index contributed by atoms with van der Waals surface area (Å²) in [5.41, 5.74) is 1.71. The fourth-order valence-corrected chi connectivity index (χ4v) is 2.62. The van der Waals surface area contributed by atoms with Crippen LogP contribution in [0.4, 0.5) is 0 Å². The molecule has 0 saturated carbocycles. The van der Waals surface area contributed by atoms with Crippen LogP contribution in [0.1, 0.15) is 28.8 Å². The van der Waals surface area contributed by atoms with Gasteiger partial charge in [-0.15, -0.1) is 0 Å². The molecule has 1 aromatic rings. The molecule has 1 heterocycles. The number of benzene rings is 1. The second kappa shape index (κ2) is 7.04. The molecule has 114 valence electrons. The standard InChI is InChI=1S/C15H18BrNO4/c1-10-8-11(2-3-13(10)16)15(20)17-6-4-12(5-7-17)21-9-14(18)19/h2-3,8,12H,4-7,9H2,1H3,(H,18,19). The van der Waals surface area contributed by atoms with Crippen LogP contribution < -0.4 is 0 Å². The van der Waals surface area contributed by atoms with Crippen LogP contribution in [0.5, 0.6) is 0 Å². The Balaban J connectivity index is 1.90. The largest absolute Gasteiger partial charge is 0.480 e. The number of amides is 1. The predicted molar refractivity (Wildman–Crippen MR) is 81.4 cm³/mol. The molecule has 1 aliphatic heterocycles. The molecular formula is C15H18BrNO4. The molecule has 0 radical (unpaired) electrons. The maximum Gasteiger partial charge on any atom is 0.329 e. The molecule has 0 aromatic heterocycles. The molecule has 2 rings (SSSR count). The highest BCUT2D eigenvalue weighted by atomic mass is 79.9. The number of carboxylic acid groups (broad SMARTS) is 1. The van der Waals surface area contributed by atoms with Gasteiger partial charge in [-0.3, -0.25) is 4.79 Å². The third kappa shape index (κ3) is 4.28. The van der Waals surface area contributed by atoms with Crippen LogP contribution in [0.25, 0.3) is 0 Å². The fraction of sp³-hybridized carbons (Fsp3) is 0.467. The minimum absolute atomic E-state index is 0.0160. The maximum absolute atomic E-state index is 12.4. The molecule has 1 amide bonds. The number of aryl methyl sites for hydroxylation is 1. The number of carboxylic acids is 1. The first-order valence-corrected chi connectivity index (χ1v) is 7.65. The number of ether oxygens (including phenoxy) is 1. The van der Waals surface area contributed by atoms with E-state index in [0.29, 0.717) is 31.5 Å². The van der Waals surface area contributed by atoms with Gasteiger partial charge in [-0.05, 0) is 43.5 Å². The molecule has 0 aliphatic carbocycles. The van der Waals surface area contributed by atoms with Crippen molar-refractivity contribution in [3.05, 3.63) is 33.8 Å². The highest BCUT2D eigenvalue weighted by molar-refractivity contribution is 9.10. The summed E-state index contributed by atoms with van der Waals surface area (Å²) in [5.74, 6) is -0.943. The molecule has 6 heteroatoms. The van der Waals surface area contributed by atoms with Gasteiger partial charge >= 0.3 is 5.97 Å². The Morgan fingerprint density at radius 2 is 2.05 bits per heavy atom. The molecule has 0 atom stereocenters. The lowest BCUT2D eigenvalue weighted by Crippen LogP contribution is -2.41. The summed E-state index contributed by atoms with van der Waals surface area (Å²) in [4.78, 5) is 24.7. The summed E-state index contributed by atoms with van der Waals surface area (Å²) in [7, 11) is 0. The lowest BCUT2D eigenvalue weighted by Gasteiger charge is -2.31. The van der Waals surface area contributed by atoms with E-state index < -0.39 is 5.97 Å². The Morgan fingerprint density at radius 3 is 2.62 bits per heavy atom. The minimum atomic E-state index is -0.959. The van der Waals surface area contributed by atoms with Crippen LogP contribution in [-0.2, 0) is 9.53 Å². The molecule has 21 heavy (non-hydrogen) atoms. The van der Waals surface area contributed by atoms with Gasteiger partial charge in [-0.1, -0.05) is 15.9 Å². The van der Waals surface area contributed by atoms with Crippen molar-refractivity contribution >= 4 is 27.8 Å². The third-order valence-electron chi connectivity index (χ3n) is 3.58. The van der Waals surface area contributed by atoms with E-state index in [-0.39, 0.29) is 18.6 Å².